The summed E-state index contributed by atoms with van der Waals surface area (Å²) in [5, 5.41) is 5.00. The van der Waals surface area contributed by atoms with Gasteiger partial charge in [-0.25, -0.2) is 9.78 Å². The summed E-state index contributed by atoms with van der Waals surface area (Å²) < 4.78 is 13.2. The van der Waals surface area contributed by atoms with Gasteiger partial charge in [0.25, 0.3) is 5.56 Å². The van der Waals surface area contributed by atoms with Crippen LogP contribution in [0.2, 0.25) is 0 Å². The van der Waals surface area contributed by atoms with Crippen LogP contribution in [0, 0.1) is 0 Å². The van der Waals surface area contributed by atoms with Gasteiger partial charge in [0.1, 0.15) is 11.6 Å². The molecule has 1 heterocycles. The molecule has 0 fully saturated rings. The third kappa shape index (κ3) is 6.48. The molecule has 0 aliphatic heterocycles. The van der Waals surface area contributed by atoms with E-state index in [0.29, 0.717) is 34.5 Å². The highest BCUT2D eigenvalue weighted by molar-refractivity contribution is 9.10. The minimum absolute atomic E-state index is 0.245. The maximum absolute atomic E-state index is 13.3. The molecule has 186 valence electrons. The fourth-order valence-corrected chi connectivity index (χ4v) is 3.80. The van der Waals surface area contributed by atoms with Crippen molar-refractivity contribution in [3.63, 3.8) is 0 Å². The Hall–Kier alpha value is -3.20. The van der Waals surface area contributed by atoms with Gasteiger partial charge in [0.05, 0.1) is 23.7 Å². The first-order valence-electron chi connectivity index (χ1n) is 11.6. The predicted molar refractivity (Wildman–Crippen MR) is 143 cm³/mol. The lowest BCUT2D eigenvalue weighted by Crippen LogP contribution is -2.26. The zero-order chi connectivity index (χ0) is 25.5. The molecule has 35 heavy (non-hydrogen) atoms. The van der Waals surface area contributed by atoms with Crippen molar-refractivity contribution < 1.29 is 14.3 Å². The Morgan fingerprint density at radius 2 is 2.00 bits per heavy atom. The molecule has 3 rings (SSSR count). The highest BCUT2D eigenvalue weighted by atomic mass is 79.9. The Morgan fingerprint density at radius 3 is 2.69 bits per heavy atom. The summed E-state index contributed by atoms with van der Waals surface area (Å²) in [5.41, 5.74) is 1.91. The van der Waals surface area contributed by atoms with E-state index in [1.54, 1.807) is 26.1 Å². The third-order valence-electron chi connectivity index (χ3n) is 5.38. The maximum atomic E-state index is 13.3. The Morgan fingerprint density at radius 1 is 1.23 bits per heavy atom. The van der Waals surface area contributed by atoms with Crippen LogP contribution in [0.25, 0.3) is 10.9 Å². The number of anilines is 1. The lowest BCUT2D eigenvalue weighted by molar-refractivity contribution is -0.150. The lowest BCUT2D eigenvalue weighted by atomic mass is 10.2. The van der Waals surface area contributed by atoms with Crippen molar-refractivity contribution in [3.8, 4) is 5.75 Å². The molecule has 9 heteroatoms. The number of fused-ring (bicyclic) bond motifs is 1. The number of carbonyl (C=O) groups is 1. The lowest BCUT2D eigenvalue weighted by Gasteiger charge is -2.18. The van der Waals surface area contributed by atoms with Gasteiger partial charge in [-0.15, -0.1) is 0 Å². The van der Waals surface area contributed by atoms with Crippen molar-refractivity contribution in [2.24, 2.45) is 5.10 Å². The van der Waals surface area contributed by atoms with E-state index < -0.39 is 12.1 Å². The summed E-state index contributed by atoms with van der Waals surface area (Å²) in [6.07, 6.45) is 3.23. The van der Waals surface area contributed by atoms with Gasteiger partial charge < -0.3 is 14.4 Å². The van der Waals surface area contributed by atoms with Crippen molar-refractivity contribution in [1.29, 1.82) is 0 Å². The smallest absolute Gasteiger partial charge is 0.347 e. The number of benzene rings is 2. The van der Waals surface area contributed by atoms with E-state index >= 15 is 0 Å². The molecule has 0 bridgehead atoms. The van der Waals surface area contributed by atoms with Crippen molar-refractivity contribution in [3.05, 3.63) is 62.6 Å². The molecular formula is C26H31BrN4O4. The Balaban J connectivity index is 2.07. The first-order valence-corrected chi connectivity index (χ1v) is 12.4. The molecule has 0 saturated carbocycles. The van der Waals surface area contributed by atoms with Crippen LogP contribution in [0.15, 0.2) is 50.8 Å². The average molecular weight is 543 g/mol. The number of unbranched alkanes of at least 4 members (excludes halogenated alkanes) is 1. The van der Waals surface area contributed by atoms with E-state index in [2.05, 4.69) is 28.0 Å². The van der Waals surface area contributed by atoms with Crippen molar-refractivity contribution in [2.45, 2.75) is 46.1 Å². The SMILES string of the molecule is CCCCc1nc2ccc(Br)cc2c(=O)n1N=Cc1ccc(N(C)C)cc1O[C@@H](C)C(=O)OCC. The van der Waals surface area contributed by atoms with Crippen LogP contribution in [-0.2, 0) is 16.0 Å². The minimum atomic E-state index is -0.804. The highest BCUT2D eigenvalue weighted by Gasteiger charge is 2.18. The molecule has 0 radical (unpaired) electrons. The molecule has 0 aliphatic rings. The van der Waals surface area contributed by atoms with Crippen LogP contribution in [0.1, 0.15) is 45.0 Å². The number of aromatic nitrogens is 2. The maximum Gasteiger partial charge on any atom is 0.347 e. The van der Waals surface area contributed by atoms with Gasteiger partial charge in [0, 0.05) is 42.3 Å². The van der Waals surface area contributed by atoms with Crippen molar-refractivity contribution >= 4 is 44.7 Å². The van der Waals surface area contributed by atoms with Crippen LogP contribution >= 0.6 is 15.9 Å². The van der Waals surface area contributed by atoms with E-state index in [0.717, 1.165) is 23.0 Å². The standard InChI is InChI=1S/C26H31BrN4O4/c1-6-8-9-24-29-22-13-11-19(27)14-21(22)25(32)31(24)28-16-18-10-12-20(30(4)5)15-23(18)35-17(3)26(33)34-7-2/h10-17H,6-9H2,1-5H3/t17-/m0/s1. The van der Waals surface area contributed by atoms with Gasteiger partial charge in [-0.05, 0) is 50.6 Å². The van der Waals surface area contributed by atoms with Crippen LogP contribution < -0.4 is 15.2 Å². The summed E-state index contributed by atoms with van der Waals surface area (Å²) in [6, 6.07) is 11.0. The number of hydrogen-bond donors (Lipinski definition) is 0. The molecule has 0 unspecified atom stereocenters. The second-order valence-electron chi connectivity index (χ2n) is 8.28. The van der Waals surface area contributed by atoms with E-state index in [4.69, 9.17) is 14.5 Å². The number of hydrogen-bond acceptors (Lipinski definition) is 7. The fraction of sp³-hybridized carbons (Fsp3) is 0.385. The van der Waals surface area contributed by atoms with Crippen LogP contribution in [0.5, 0.6) is 5.75 Å². The number of rotatable bonds is 10. The number of ether oxygens (including phenoxy) is 2. The molecule has 0 amide bonds. The summed E-state index contributed by atoms with van der Waals surface area (Å²) in [4.78, 5) is 32.1. The normalized spacial score (nSPS) is 12.2. The first kappa shape index (κ1) is 26.4. The molecule has 0 spiro atoms. The Kier molecular flexibility index (Phi) is 9.03. The number of aryl methyl sites for hydroxylation is 1. The Bertz CT molecular complexity index is 1290. The number of esters is 1. The molecule has 0 aliphatic carbocycles. The monoisotopic (exact) mass is 542 g/mol. The number of halogens is 1. The fourth-order valence-electron chi connectivity index (χ4n) is 3.44. The molecule has 3 aromatic rings. The van der Waals surface area contributed by atoms with Crippen LogP contribution in [-0.4, -0.2) is 48.7 Å². The topological polar surface area (TPSA) is 86.0 Å². The third-order valence-corrected chi connectivity index (χ3v) is 5.87. The molecule has 2 aromatic carbocycles. The van der Waals surface area contributed by atoms with Gasteiger partial charge in [-0.3, -0.25) is 4.79 Å². The molecule has 0 saturated heterocycles. The van der Waals surface area contributed by atoms with E-state index in [1.165, 1.54) is 4.68 Å². The number of carbonyl (C=O) groups excluding carboxylic acids is 1. The van der Waals surface area contributed by atoms with Crippen molar-refractivity contribution in [1.82, 2.24) is 9.66 Å². The number of nitrogens with zero attached hydrogens (tertiary/aromatic N) is 4. The minimum Gasteiger partial charge on any atom is -0.478 e. The summed E-state index contributed by atoms with van der Waals surface area (Å²) in [7, 11) is 3.83. The van der Waals surface area contributed by atoms with E-state index in [9.17, 15) is 9.59 Å². The van der Waals surface area contributed by atoms with Gasteiger partial charge in [0.15, 0.2) is 6.10 Å². The second kappa shape index (κ2) is 12.0. The summed E-state index contributed by atoms with van der Waals surface area (Å²) in [5.74, 6) is 0.600. The summed E-state index contributed by atoms with van der Waals surface area (Å²) in [6.45, 7) is 5.75. The molecule has 8 nitrogen and oxygen atoms in total. The zero-order valence-electron chi connectivity index (χ0n) is 20.7. The van der Waals surface area contributed by atoms with Crippen LogP contribution in [0.4, 0.5) is 5.69 Å². The van der Waals surface area contributed by atoms with Gasteiger partial charge in [0.2, 0.25) is 0 Å². The van der Waals surface area contributed by atoms with Gasteiger partial charge in [-0.1, -0.05) is 29.3 Å². The van der Waals surface area contributed by atoms with Crippen molar-refractivity contribution in [2.75, 3.05) is 25.6 Å². The highest BCUT2D eigenvalue weighted by Crippen LogP contribution is 2.25. The molecule has 1 atom stereocenters. The van der Waals surface area contributed by atoms with Gasteiger partial charge in [-0.2, -0.15) is 9.78 Å². The first-order chi connectivity index (χ1) is 16.7. The summed E-state index contributed by atoms with van der Waals surface area (Å²) >= 11 is 3.43. The molecule has 0 N–H and O–H groups in total. The average Bonchev–Trinajstić information content (AvgIpc) is 2.83. The van der Waals surface area contributed by atoms with E-state index in [1.807, 2.05) is 49.3 Å². The molecular weight excluding hydrogens is 512 g/mol. The van der Waals surface area contributed by atoms with E-state index in [-0.39, 0.29) is 12.2 Å². The second-order valence-corrected chi connectivity index (χ2v) is 9.20. The quantitative estimate of drug-likeness (QED) is 0.270. The Labute approximate surface area is 213 Å². The van der Waals surface area contributed by atoms with Crippen LogP contribution in [0.3, 0.4) is 0 Å². The molecule has 1 aromatic heterocycles. The largest absolute Gasteiger partial charge is 0.478 e. The zero-order valence-corrected chi connectivity index (χ0v) is 22.3. The predicted octanol–water partition coefficient (Wildman–Crippen LogP) is 4.78. The van der Waals surface area contributed by atoms with Gasteiger partial charge >= 0.3 is 5.97 Å².